The molecule has 3 rings (SSSR count). The number of ether oxygens (including phenoxy) is 2. The fourth-order valence-corrected chi connectivity index (χ4v) is 3.74. The van der Waals surface area contributed by atoms with Gasteiger partial charge in [0.05, 0.1) is 37.4 Å². The number of hydrogen-bond acceptors (Lipinski definition) is 6. The Morgan fingerprint density at radius 3 is 2.30 bits per heavy atom. The van der Waals surface area contributed by atoms with Gasteiger partial charge in [0.15, 0.2) is 0 Å². The van der Waals surface area contributed by atoms with Gasteiger partial charge in [-0.15, -0.1) is 0 Å². The molecule has 0 aliphatic heterocycles. The van der Waals surface area contributed by atoms with E-state index in [9.17, 15) is 9.59 Å². The Kier molecular flexibility index (Phi) is 11.5. The third kappa shape index (κ3) is 9.57. The average Bonchev–Trinajstić information content (AvgIpc) is 2.88. The van der Waals surface area contributed by atoms with Crippen LogP contribution < -0.4 is 4.90 Å². The third-order valence-corrected chi connectivity index (χ3v) is 5.74. The van der Waals surface area contributed by atoms with Gasteiger partial charge in [-0.1, -0.05) is 41.4 Å². The molecule has 0 saturated heterocycles. The van der Waals surface area contributed by atoms with Crippen molar-refractivity contribution in [3.05, 3.63) is 71.4 Å². The standard InChI is InChI=1S/C28H32ClN3O5/c1-21-8-10-24(11-9-21)32(28-30-15-12-25(31-28)22-6-5-7-23(29)20-22)26(33)13-18-36-16-3-2-4-17-37-19-14-27(34)35/h5-12,15,20H,2-4,13-14,16-19H2,1H3,(H,34,35). The number of nitrogens with zero attached hydrogens (tertiary/aromatic N) is 3. The van der Waals surface area contributed by atoms with Gasteiger partial charge in [-0.2, -0.15) is 0 Å². The second kappa shape index (κ2) is 15.0. The fourth-order valence-electron chi connectivity index (χ4n) is 3.55. The number of rotatable bonds is 15. The van der Waals surface area contributed by atoms with Crippen LogP contribution in [0.15, 0.2) is 60.8 Å². The fraction of sp³-hybridized carbons (Fsp3) is 0.357. The Balaban J connectivity index is 1.56. The topological polar surface area (TPSA) is 102 Å². The van der Waals surface area contributed by atoms with Gasteiger partial charge in [-0.3, -0.25) is 9.59 Å². The maximum Gasteiger partial charge on any atom is 0.305 e. The van der Waals surface area contributed by atoms with E-state index in [1.165, 1.54) is 4.90 Å². The number of carbonyl (C=O) groups excluding carboxylic acids is 1. The lowest BCUT2D eigenvalue weighted by Gasteiger charge is -2.21. The number of carbonyl (C=O) groups is 2. The first kappa shape index (κ1) is 28.2. The number of anilines is 2. The molecule has 0 aliphatic carbocycles. The van der Waals surface area contributed by atoms with Crippen LogP contribution in [0.5, 0.6) is 0 Å². The second-order valence-electron chi connectivity index (χ2n) is 8.50. The molecule has 1 N–H and O–H groups in total. The summed E-state index contributed by atoms with van der Waals surface area (Å²) in [5.41, 5.74) is 3.27. The number of halogens is 1. The molecule has 9 heteroatoms. The zero-order valence-corrected chi connectivity index (χ0v) is 21.7. The summed E-state index contributed by atoms with van der Waals surface area (Å²) in [7, 11) is 0. The van der Waals surface area contributed by atoms with Gasteiger partial charge in [-0.05, 0) is 56.5 Å². The summed E-state index contributed by atoms with van der Waals surface area (Å²) in [6.07, 6.45) is 4.41. The summed E-state index contributed by atoms with van der Waals surface area (Å²) >= 11 is 6.15. The lowest BCUT2D eigenvalue weighted by Crippen LogP contribution is -2.28. The van der Waals surface area contributed by atoms with E-state index in [-0.39, 0.29) is 37.9 Å². The monoisotopic (exact) mass is 525 g/mol. The molecule has 2 aromatic carbocycles. The van der Waals surface area contributed by atoms with Crippen LogP contribution in [0.3, 0.4) is 0 Å². The number of benzene rings is 2. The smallest absolute Gasteiger partial charge is 0.305 e. The number of unbranched alkanes of at least 4 members (excludes halogenated alkanes) is 2. The highest BCUT2D eigenvalue weighted by molar-refractivity contribution is 6.30. The van der Waals surface area contributed by atoms with Crippen LogP contribution in [0, 0.1) is 6.92 Å². The minimum absolute atomic E-state index is 0.0205. The minimum Gasteiger partial charge on any atom is -0.481 e. The predicted octanol–water partition coefficient (Wildman–Crippen LogP) is 5.84. The van der Waals surface area contributed by atoms with Gasteiger partial charge in [0, 0.05) is 30.0 Å². The van der Waals surface area contributed by atoms with Crippen LogP contribution in [0.4, 0.5) is 11.6 Å². The summed E-state index contributed by atoms with van der Waals surface area (Å²) in [6.45, 7) is 3.57. The maximum absolute atomic E-state index is 13.3. The molecule has 0 atom stereocenters. The Morgan fingerprint density at radius 2 is 1.62 bits per heavy atom. The van der Waals surface area contributed by atoms with E-state index >= 15 is 0 Å². The van der Waals surface area contributed by atoms with Crippen LogP contribution in [0.1, 0.15) is 37.7 Å². The summed E-state index contributed by atoms with van der Waals surface area (Å²) in [5.74, 6) is -0.738. The maximum atomic E-state index is 13.3. The molecule has 1 amide bonds. The van der Waals surface area contributed by atoms with E-state index in [0.29, 0.717) is 29.6 Å². The van der Waals surface area contributed by atoms with Crippen LogP contribution >= 0.6 is 11.6 Å². The van der Waals surface area contributed by atoms with Crippen molar-refractivity contribution < 1.29 is 24.2 Å². The van der Waals surface area contributed by atoms with Crippen molar-refractivity contribution in [2.24, 2.45) is 0 Å². The molecule has 0 saturated carbocycles. The van der Waals surface area contributed by atoms with Crippen molar-refractivity contribution in [2.45, 2.75) is 39.0 Å². The third-order valence-electron chi connectivity index (χ3n) is 5.50. The number of carboxylic acids is 1. The van der Waals surface area contributed by atoms with Gasteiger partial charge in [-0.25, -0.2) is 14.9 Å². The molecule has 3 aromatic rings. The first-order chi connectivity index (χ1) is 17.9. The summed E-state index contributed by atoms with van der Waals surface area (Å²) in [4.78, 5) is 34.3. The van der Waals surface area contributed by atoms with E-state index in [1.54, 1.807) is 18.3 Å². The van der Waals surface area contributed by atoms with E-state index in [4.69, 9.17) is 26.2 Å². The zero-order chi connectivity index (χ0) is 26.5. The first-order valence-corrected chi connectivity index (χ1v) is 12.7. The zero-order valence-electron chi connectivity index (χ0n) is 20.9. The van der Waals surface area contributed by atoms with Crippen molar-refractivity contribution >= 4 is 35.1 Å². The highest BCUT2D eigenvalue weighted by Crippen LogP contribution is 2.27. The van der Waals surface area contributed by atoms with Crippen LogP contribution in [-0.2, 0) is 19.1 Å². The molecular formula is C28H32ClN3O5. The Morgan fingerprint density at radius 1 is 0.919 bits per heavy atom. The molecule has 37 heavy (non-hydrogen) atoms. The number of aromatic nitrogens is 2. The van der Waals surface area contributed by atoms with Crippen molar-refractivity contribution in [3.63, 3.8) is 0 Å². The van der Waals surface area contributed by atoms with Gasteiger partial charge in [0.2, 0.25) is 11.9 Å². The van der Waals surface area contributed by atoms with Gasteiger partial charge in [0.1, 0.15) is 0 Å². The molecule has 8 nitrogen and oxygen atoms in total. The van der Waals surface area contributed by atoms with Crippen molar-refractivity contribution in [1.82, 2.24) is 9.97 Å². The molecule has 196 valence electrons. The summed E-state index contributed by atoms with van der Waals surface area (Å²) < 4.78 is 11.0. The lowest BCUT2D eigenvalue weighted by atomic mass is 10.1. The minimum atomic E-state index is -0.857. The first-order valence-electron chi connectivity index (χ1n) is 12.3. The molecule has 0 spiro atoms. The van der Waals surface area contributed by atoms with Crippen molar-refractivity contribution in [3.8, 4) is 11.3 Å². The van der Waals surface area contributed by atoms with E-state index in [1.807, 2.05) is 49.4 Å². The highest BCUT2D eigenvalue weighted by atomic mass is 35.5. The number of hydrogen-bond donors (Lipinski definition) is 1. The Labute approximate surface area is 222 Å². The molecule has 0 radical (unpaired) electrons. The number of amides is 1. The molecule has 0 aliphatic rings. The van der Waals surface area contributed by atoms with Crippen LogP contribution in [-0.4, -0.2) is 53.4 Å². The largest absolute Gasteiger partial charge is 0.481 e. The number of carboxylic acid groups (broad SMARTS) is 1. The molecule has 0 fully saturated rings. The van der Waals surface area contributed by atoms with E-state index in [0.717, 1.165) is 30.4 Å². The van der Waals surface area contributed by atoms with E-state index in [2.05, 4.69) is 9.97 Å². The summed E-state index contributed by atoms with van der Waals surface area (Å²) in [6, 6.07) is 16.8. The quantitative estimate of drug-likeness (QED) is 0.249. The van der Waals surface area contributed by atoms with Crippen LogP contribution in [0.2, 0.25) is 5.02 Å². The van der Waals surface area contributed by atoms with Gasteiger partial charge < -0.3 is 14.6 Å². The Bertz CT molecular complexity index is 1160. The molecule has 0 bridgehead atoms. The normalized spacial score (nSPS) is 10.9. The molecule has 1 heterocycles. The van der Waals surface area contributed by atoms with Crippen LogP contribution in [0.25, 0.3) is 11.3 Å². The number of aryl methyl sites for hydroxylation is 1. The predicted molar refractivity (Wildman–Crippen MR) is 143 cm³/mol. The Hall–Kier alpha value is -3.33. The highest BCUT2D eigenvalue weighted by Gasteiger charge is 2.21. The SMILES string of the molecule is Cc1ccc(N(C(=O)CCOCCCCCOCCC(=O)O)c2nccc(-c3cccc(Cl)c3)n2)cc1. The van der Waals surface area contributed by atoms with Crippen molar-refractivity contribution in [2.75, 3.05) is 31.3 Å². The molecule has 0 unspecified atom stereocenters. The lowest BCUT2D eigenvalue weighted by molar-refractivity contribution is -0.138. The van der Waals surface area contributed by atoms with Gasteiger partial charge >= 0.3 is 5.97 Å². The van der Waals surface area contributed by atoms with Crippen molar-refractivity contribution in [1.29, 1.82) is 0 Å². The average molecular weight is 526 g/mol. The number of aliphatic carboxylic acids is 1. The molecule has 1 aromatic heterocycles. The second-order valence-corrected chi connectivity index (χ2v) is 8.93. The van der Waals surface area contributed by atoms with Gasteiger partial charge in [0.25, 0.3) is 0 Å². The molecular weight excluding hydrogens is 494 g/mol. The summed E-state index contributed by atoms with van der Waals surface area (Å²) in [5, 5.41) is 9.19. The van der Waals surface area contributed by atoms with E-state index < -0.39 is 5.97 Å².